The second-order valence-corrected chi connectivity index (χ2v) is 10.1. The normalized spacial score (nSPS) is 13.2. The Morgan fingerprint density at radius 2 is 1.40 bits per heavy atom. The Morgan fingerprint density at radius 1 is 0.875 bits per heavy atom. The van der Waals surface area contributed by atoms with E-state index in [1.165, 1.54) is 20.2 Å². The van der Waals surface area contributed by atoms with Crippen molar-refractivity contribution < 1.29 is 36.3 Å². The molecule has 0 saturated heterocycles. The number of carbonyl (C=O) groups excluding carboxylic acids is 3. The van der Waals surface area contributed by atoms with Gasteiger partial charge in [0.1, 0.15) is 12.1 Å². The Bertz CT molecular complexity index is 1240. The Labute approximate surface area is 229 Å². The molecule has 0 unspecified atom stereocenters. The van der Waals surface area contributed by atoms with Gasteiger partial charge in [-0.2, -0.15) is 0 Å². The molecule has 0 radical (unpaired) electrons. The topological polar surface area (TPSA) is 95.7 Å². The standard InChI is InChI=1S/C28H33F5N4O3/c1-28(2,34)13-9-12-20(38)36(4)19(14-16-10-7-6-8-11-16)27(40)37(5)18(26(39)35-3)15-17-21(29)23(31)25(33)24(32)22(17)30/h6-12,18-19H,13-15,34H2,1-5H3,(H,35,39)/b12-9+/t18-,19-/m1/s1. The summed E-state index contributed by atoms with van der Waals surface area (Å²) < 4.78 is 70.1. The summed E-state index contributed by atoms with van der Waals surface area (Å²) in [4.78, 5) is 41.4. The first-order chi connectivity index (χ1) is 18.6. The van der Waals surface area contributed by atoms with Crippen molar-refractivity contribution in [3.63, 3.8) is 0 Å². The van der Waals surface area contributed by atoms with E-state index in [-0.39, 0.29) is 6.42 Å². The van der Waals surface area contributed by atoms with Gasteiger partial charge >= 0.3 is 0 Å². The van der Waals surface area contributed by atoms with Crippen molar-refractivity contribution in [2.45, 2.75) is 50.7 Å². The number of hydrogen-bond donors (Lipinski definition) is 2. The molecule has 218 valence electrons. The number of rotatable bonds is 11. The van der Waals surface area contributed by atoms with Gasteiger partial charge in [-0.3, -0.25) is 14.4 Å². The molecule has 3 N–H and O–H groups in total. The van der Waals surface area contributed by atoms with E-state index in [0.29, 0.717) is 12.0 Å². The predicted octanol–water partition coefficient (Wildman–Crippen LogP) is 3.25. The lowest BCUT2D eigenvalue weighted by atomic mass is 9.99. The van der Waals surface area contributed by atoms with Gasteiger partial charge in [0.25, 0.3) is 0 Å². The summed E-state index contributed by atoms with van der Waals surface area (Å²) in [6.07, 6.45) is 2.17. The van der Waals surface area contributed by atoms with Crippen LogP contribution in [0.5, 0.6) is 0 Å². The Balaban J connectivity index is 2.48. The minimum absolute atomic E-state index is 0.00542. The Hall–Kier alpha value is -3.80. The zero-order chi connectivity index (χ0) is 30.4. The molecule has 0 spiro atoms. The first-order valence-electron chi connectivity index (χ1n) is 12.3. The summed E-state index contributed by atoms with van der Waals surface area (Å²) in [6.45, 7) is 3.54. The van der Waals surface area contributed by atoms with E-state index in [1.807, 2.05) is 0 Å². The van der Waals surface area contributed by atoms with E-state index in [9.17, 15) is 36.3 Å². The number of carbonyl (C=O) groups is 3. The lowest BCUT2D eigenvalue weighted by Gasteiger charge is -2.34. The molecule has 0 aliphatic carbocycles. The molecular weight excluding hydrogens is 535 g/mol. The fraction of sp³-hybridized carbons (Fsp3) is 0.393. The van der Waals surface area contributed by atoms with Crippen LogP contribution in [0.15, 0.2) is 42.5 Å². The molecule has 7 nitrogen and oxygen atoms in total. The molecular formula is C28H33F5N4O3. The summed E-state index contributed by atoms with van der Waals surface area (Å²) in [5, 5.41) is 2.24. The fourth-order valence-electron chi connectivity index (χ4n) is 3.95. The zero-order valence-electron chi connectivity index (χ0n) is 22.9. The molecule has 2 atom stereocenters. The third-order valence-corrected chi connectivity index (χ3v) is 6.34. The highest BCUT2D eigenvalue weighted by atomic mass is 19.2. The van der Waals surface area contributed by atoms with Gasteiger partial charge in [0.05, 0.1) is 0 Å². The van der Waals surface area contributed by atoms with Crippen LogP contribution in [0.25, 0.3) is 0 Å². The van der Waals surface area contributed by atoms with Crippen LogP contribution in [0.4, 0.5) is 22.0 Å². The summed E-state index contributed by atoms with van der Waals surface area (Å²) in [7, 11) is 3.71. The van der Waals surface area contributed by atoms with Gasteiger partial charge in [-0.25, -0.2) is 22.0 Å². The molecule has 0 aliphatic rings. The highest BCUT2D eigenvalue weighted by Crippen LogP contribution is 2.25. The average molecular weight is 569 g/mol. The smallest absolute Gasteiger partial charge is 0.246 e. The summed E-state index contributed by atoms with van der Waals surface area (Å²) in [5.41, 5.74) is 4.77. The van der Waals surface area contributed by atoms with Crippen molar-refractivity contribution in [2.75, 3.05) is 21.1 Å². The van der Waals surface area contributed by atoms with Gasteiger partial charge in [-0.1, -0.05) is 36.4 Å². The van der Waals surface area contributed by atoms with Crippen molar-refractivity contribution in [1.82, 2.24) is 15.1 Å². The molecule has 0 heterocycles. The van der Waals surface area contributed by atoms with Crippen LogP contribution in [-0.2, 0) is 27.2 Å². The third-order valence-electron chi connectivity index (χ3n) is 6.34. The fourth-order valence-corrected chi connectivity index (χ4v) is 3.95. The van der Waals surface area contributed by atoms with Crippen LogP contribution < -0.4 is 11.1 Å². The Morgan fingerprint density at radius 3 is 1.90 bits per heavy atom. The zero-order valence-corrected chi connectivity index (χ0v) is 22.9. The number of likely N-dealkylation sites (N-methyl/N-ethyl adjacent to an activating group) is 3. The minimum atomic E-state index is -2.34. The summed E-state index contributed by atoms with van der Waals surface area (Å²) >= 11 is 0. The molecule has 40 heavy (non-hydrogen) atoms. The number of halogens is 5. The van der Waals surface area contributed by atoms with Crippen LogP contribution in [0.3, 0.4) is 0 Å². The monoisotopic (exact) mass is 568 g/mol. The summed E-state index contributed by atoms with van der Waals surface area (Å²) in [5.74, 6) is -13.2. The SMILES string of the molecule is CNC(=O)[C@@H](Cc1c(F)c(F)c(F)c(F)c1F)N(C)C(=O)[C@@H](Cc1ccccc1)N(C)C(=O)/C=C/CC(C)(C)N. The predicted molar refractivity (Wildman–Crippen MR) is 139 cm³/mol. The van der Waals surface area contributed by atoms with E-state index >= 15 is 0 Å². The third kappa shape index (κ3) is 7.87. The van der Waals surface area contributed by atoms with Gasteiger partial charge in [0, 0.05) is 45.1 Å². The van der Waals surface area contributed by atoms with Crippen LogP contribution in [0.2, 0.25) is 0 Å². The van der Waals surface area contributed by atoms with Crippen LogP contribution in [0, 0.1) is 29.1 Å². The van der Waals surface area contributed by atoms with Crippen molar-refractivity contribution in [2.24, 2.45) is 5.73 Å². The quantitative estimate of drug-likeness (QED) is 0.188. The first kappa shape index (κ1) is 32.4. The van der Waals surface area contributed by atoms with Gasteiger partial charge in [0.2, 0.25) is 23.5 Å². The number of nitrogens with two attached hydrogens (primary N) is 1. The number of nitrogens with one attached hydrogen (secondary N) is 1. The molecule has 0 saturated carbocycles. The highest BCUT2D eigenvalue weighted by Gasteiger charge is 2.37. The molecule has 12 heteroatoms. The minimum Gasteiger partial charge on any atom is -0.357 e. The van der Waals surface area contributed by atoms with Gasteiger partial charge in [-0.05, 0) is 31.9 Å². The van der Waals surface area contributed by atoms with E-state index in [4.69, 9.17) is 5.73 Å². The molecule has 0 aromatic heterocycles. The Kier molecular flexibility index (Phi) is 10.9. The average Bonchev–Trinajstić information content (AvgIpc) is 2.92. The molecule has 2 aromatic rings. The van der Waals surface area contributed by atoms with E-state index in [1.54, 1.807) is 50.3 Å². The summed E-state index contributed by atoms with van der Waals surface area (Å²) in [6, 6.07) is 5.77. The maximum absolute atomic E-state index is 14.5. The van der Waals surface area contributed by atoms with Crippen LogP contribution >= 0.6 is 0 Å². The van der Waals surface area contributed by atoms with E-state index in [2.05, 4.69) is 5.32 Å². The number of benzene rings is 2. The first-order valence-corrected chi connectivity index (χ1v) is 12.3. The molecule has 2 aromatic carbocycles. The second-order valence-electron chi connectivity index (χ2n) is 10.1. The second kappa shape index (κ2) is 13.5. The molecule has 2 rings (SSSR count). The van der Waals surface area contributed by atoms with Crippen molar-refractivity contribution in [1.29, 1.82) is 0 Å². The van der Waals surface area contributed by atoms with Crippen LogP contribution in [0.1, 0.15) is 31.4 Å². The highest BCUT2D eigenvalue weighted by molar-refractivity contribution is 5.95. The van der Waals surface area contributed by atoms with Crippen LogP contribution in [-0.4, -0.2) is 66.3 Å². The van der Waals surface area contributed by atoms with Crippen molar-refractivity contribution >= 4 is 17.7 Å². The van der Waals surface area contributed by atoms with Gasteiger partial charge < -0.3 is 20.9 Å². The lowest BCUT2D eigenvalue weighted by molar-refractivity contribution is -0.146. The van der Waals surface area contributed by atoms with Gasteiger partial charge in [0.15, 0.2) is 23.3 Å². The number of hydrogen-bond acceptors (Lipinski definition) is 4. The number of nitrogens with zero attached hydrogens (tertiary/aromatic N) is 2. The maximum atomic E-state index is 14.5. The van der Waals surface area contributed by atoms with Gasteiger partial charge in [-0.15, -0.1) is 0 Å². The molecule has 0 aliphatic heterocycles. The van der Waals surface area contributed by atoms with E-state index in [0.717, 1.165) is 16.8 Å². The molecule has 0 fully saturated rings. The van der Waals surface area contributed by atoms with Crippen molar-refractivity contribution in [3.8, 4) is 0 Å². The maximum Gasteiger partial charge on any atom is 0.246 e. The van der Waals surface area contributed by atoms with E-state index < -0.39 is 76.4 Å². The molecule has 0 bridgehead atoms. The lowest BCUT2D eigenvalue weighted by Crippen LogP contribution is -2.55. The number of amides is 3. The largest absolute Gasteiger partial charge is 0.357 e. The molecule has 3 amide bonds. The van der Waals surface area contributed by atoms with Crippen molar-refractivity contribution in [3.05, 3.63) is 82.7 Å².